The molecule has 1 aliphatic rings. The van der Waals surface area contributed by atoms with Crippen LogP contribution in [0.5, 0.6) is 0 Å². The molecule has 2 N–H and O–H groups in total. The smallest absolute Gasteiger partial charge is 0.331 e. The van der Waals surface area contributed by atoms with Crippen molar-refractivity contribution in [1.82, 2.24) is 20.4 Å². The number of nitrogens with one attached hydrogen (secondary N) is 2. The maximum atomic E-state index is 11.8. The summed E-state index contributed by atoms with van der Waals surface area (Å²) in [7, 11) is -3.10. The summed E-state index contributed by atoms with van der Waals surface area (Å²) in [6, 6.07) is -1.02. The zero-order chi connectivity index (χ0) is 20.9. The number of sulfone groups is 1. The third-order valence-electron chi connectivity index (χ3n) is 3.95. The lowest BCUT2D eigenvalue weighted by Gasteiger charge is -2.09. The third kappa shape index (κ3) is 5.80. The number of hydrogen-bond donors (Lipinski definition) is 2. The van der Waals surface area contributed by atoms with Gasteiger partial charge in [0.05, 0.1) is 23.2 Å². The highest BCUT2D eigenvalue weighted by Gasteiger charge is 2.31. The molecule has 12 heteroatoms. The minimum Gasteiger partial charge on any atom is -0.452 e. The molecule has 1 aromatic rings. The van der Waals surface area contributed by atoms with Gasteiger partial charge in [0.15, 0.2) is 16.4 Å². The summed E-state index contributed by atoms with van der Waals surface area (Å²) in [4.78, 5) is 34.4. The molecule has 2 heterocycles. The summed E-state index contributed by atoms with van der Waals surface area (Å²) in [6.07, 6.45) is 2.88. The number of hydrogen-bond acceptors (Lipinski definition) is 7. The molecule has 154 valence electrons. The molecule has 1 fully saturated rings. The molecule has 0 radical (unpaired) electrons. The van der Waals surface area contributed by atoms with Crippen LogP contribution in [0, 0.1) is 6.92 Å². The van der Waals surface area contributed by atoms with E-state index in [1.165, 1.54) is 10.8 Å². The third-order valence-corrected chi connectivity index (χ3v) is 6.07. The highest BCUT2D eigenvalue weighted by Crippen LogP contribution is 2.30. The quantitative estimate of drug-likeness (QED) is 0.496. The Morgan fingerprint density at radius 3 is 2.71 bits per heavy atom. The van der Waals surface area contributed by atoms with Gasteiger partial charge in [0.25, 0.3) is 5.91 Å². The number of carbonyl (C=O) groups excluding carboxylic acids is 3. The Morgan fingerprint density at radius 1 is 1.39 bits per heavy atom. The van der Waals surface area contributed by atoms with Gasteiger partial charge in [0.1, 0.15) is 5.15 Å². The number of nitrogens with zero attached hydrogens (tertiary/aromatic N) is 2. The first-order chi connectivity index (χ1) is 13.1. The first-order valence-electron chi connectivity index (χ1n) is 8.50. The Balaban J connectivity index is 1.96. The maximum Gasteiger partial charge on any atom is 0.331 e. The lowest BCUT2D eigenvalue weighted by atomic mass is 10.2. The van der Waals surface area contributed by atoms with Gasteiger partial charge in [-0.2, -0.15) is 5.10 Å². The van der Waals surface area contributed by atoms with E-state index in [0.717, 1.165) is 6.08 Å². The average Bonchev–Trinajstić information content (AvgIpc) is 3.10. The zero-order valence-electron chi connectivity index (χ0n) is 15.4. The normalized spacial score (nSPS) is 18.2. The van der Waals surface area contributed by atoms with Crippen LogP contribution >= 0.6 is 11.6 Å². The van der Waals surface area contributed by atoms with Crippen LogP contribution in [0.25, 0.3) is 6.08 Å². The molecule has 1 atom stereocenters. The van der Waals surface area contributed by atoms with Gasteiger partial charge >= 0.3 is 12.0 Å². The number of amides is 3. The summed E-state index contributed by atoms with van der Waals surface area (Å²) in [5, 5.41) is 8.85. The van der Waals surface area contributed by atoms with Crippen LogP contribution in [0.3, 0.4) is 0 Å². The van der Waals surface area contributed by atoms with Crippen molar-refractivity contribution in [3.05, 3.63) is 22.5 Å². The molecular formula is C16H21ClN4O6S. The average molecular weight is 433 g/mol. The van der Waals surface area contributed by atoms with Gasteiger partial charge in [-0.05, 0) is 26.3 Å². The van der Waals surface area contributed by atoms with Gasteiger partial charge in [-0.3, -0.25) is 10.1 Å². The van der Waals surface area contributed by atoms with Crippen LogP contribution in [-0.4, -0.2) is 60.8 Å². The number of aryl methyl sites for hydroxylation is 1. The summed E-state index contributed by atoms with van der Waals surface area (Å²) >= 11 is 6.29. The van der Waals surface area contributed by atoms with E-state index in [-0.39, 0.29) is 22.7 Å². The van der Waals surface area contributed by atoms with Crippen molar-refractivity contribution in [2.45, 2.75) is 26.3 Å². The number of rotatable bonds is 6. The van der Waals surface area contributed by atoms with E-state index in [0.29, 0.717) is 24.2 Å². The Labute approximate surface area is 167 Å². The van der Waals surface area contributed by atoms with Crippen LogP contribution in [0.1, 0.15) is 30.6 Å². The van der Waals surface area contributed by atoms with Crippen LogP contribution in [0.4, 0.5) is 4.79 Å². The molecule has 2 rings (SSSR count). The summed E-state index contributed by atoms with van der Waals surface area (Å²) in [5.74, 6) is -1.52. The summed E-state index contributed by atoms with van der Waals surface area (Å²) in [6.45, 7) is 3.10. The van der Waals surface area contributed by atoms with Crippen molar-refractivity contribution < 1.29 is 27.5 Å². The monoisotopic (exact) mass is 432 g/mol. The first-order valence-corrected chi connectivity index (χ1v) is 10.7. The molecule has 10 nitrogen and oxygen atoms in total. The van der Waals surface area contributed by atoms with Gasteiger partial charge in [0.2, 0.25) is 0 Å². The molecule has 1 aliphatic heterocycles. The largest absolute Gasteiger partial charge is 0.452 e. The standard InChI is InChI=1S/C16H21ClN4O6S/c1-3-18-16(24)19-13(22)8-27-14(23)5-4-12-10(2)20-21(15(12)17)11-6-7-28(25,26)9-11/h4-5,11H,3,6-9H2,1-2H3,(H2,18,19,22,24)/b5-4+/t11-/m0/s1. The highest BCUT2D eigenvalue weighted by atomic mass is 35.5. The van der Waals surface area contributed by atoms with Crippen molar-refractivity contribution in [3.63, 3.8) is 0 Å². The second kappa shape index (κ2) is 9.20. The molecule has 0 aliphatic carbocycles. The number of aromatic nitrogens is 2. The molecule has 1 aromatic heterocycles. The number of halogens is 1. The molecule has 0 bridgehead atoms. The summed E-state index contributed by atoms with van der Waals surface area (Å²) in [5.41, 5.74) is 0.974. The van der Waals surface area contributed by atoms with Crippen molar-refractivity contribution in [1.29, 1.82) is 0 Å². The van der Waals surface area contributed by atoms with E-state index < -0.39 is 34.4 Å². The lowest BCUT2D eigenvalue weighted by Crippen LogP contribution is -2.41. The highest BCUT2D eigenvalue weighted by molar-refractivity contribution is 7.91. The first kappa shape index (κ1) is 21.9. The minimum atomic E-state index is -3.10. The lowest BCUT2D eigenvalue weighted by molar-refractivity contribution is -0.143. The number of urea groups is 1. The van der Waals surface area contributed by atoms with Gasteiger partial charge in [-0.1, -0.05) is 11.6 Å². The van der Waals surface area contributed by atoms with Crippen molar-refractivity contribution in [2.75, 3.05) is 24.7 Å². The maximum absolute atomic E-state index is 11.8. The van der Waals surface area contributed by atoms with E-state index in [1.807, 2.05) is 5.32 Å². The second-order valence-electron chi connectivity index (χ2n) is 6.14. The topological polar surface area (TPSA) is 136 Å². The van der Waals surface area contributed by atoms with E-state index in [9.17, 15) is 22.8 Å². The Kier molecular flexibility index (Phi) is 7.19. The van der Waals surface area contributed by atoms with E-state index >= 15 is 0 Å². The molecular weight excluding hydrogens is 412 g/mol. The molecule has 0 saturated carbocycles. The van der Waals surface area contributed by atoms with Crippen LogP contribution in [0.2, 0.25) is 5.15 Å². The fourth-order valence-corrected chi connectivity index (χ4v) is 4.70. The molecule has 28 heavy (non-hydrogen) atoms. The van der Waals surface area contributed by atoms with Gasteiger partial charge in [-0.15, -0.1) is 0 Å². The van der Waals surface area contributed by atoms with E-state index in [1.54, 1.807) is 13.8 Å². The van der Waals surface area contributed by atoms with Crippen LogP contribution in [-0.2, 0) is 24.2 Å². The van der Waals surface area contributed by atoms with Crippen molar-refractivity contribution in [2.24, 2.45) is 0 Å². The van der Waals surface area contributed by atoms with Gasteiger partial charge in [-0.25, -0.2) is 22.7 Å². The minimum absolute atomic E-state index is 0.0280. The molecule has 3 amide bonds. The molecule has 1 saturated heterocycles. The summed E-state index contributed by atoms with van der Waals surface area (Å²) < 4.78 is 29.5. The Morgan fingerprint density at radius 2 is 2.11 bits per heavy atom. The second-order valence-corrected chi connectivity index (χ2v) is 8.73. The molecule has 0 aromatic carbocycles. The number of imide groups is 1. The predicted octanol–water partition coefficient (Wildman–Crippen LogP) is 0.607. The van der Waals surface area contributed by atoms with Gasteiger partial charge < -0.3 is 10.1 Å². The predicted molar refractivity (Wildman–Crippen MR) is 101 cm³/mol. The molecule has 0 spiro atoms. The van der Waals surface area contributed by atoms with Crippen LogP contribution < -0.4 is 10.6 Å². The zero-order valence-corrected chi connectivity index (χ0v) is 17.0. The van der Waals surface area contributed by atoms with E-state index in [4.69, 9.17) is 16.3 Å². The van der Waals surface area contributed by atoms with Crippen molar-refractivity contribution in [3.8, 4) is 0 Å². The van der Waals surface area contributed by atoms with Crippen LogP contribution in [0.15, 0.2) is 6.08 Å². The SMILES string of the molecule is CCNC(=O)NC(=O)COC(=O)/C=C/c1c(C)nn([C@H]2CCS(=O)(=O)C2)c1Cl. The van der Waals surface area contributed by atoms with Gasteiger partial charge in [0, 0.05) is 18.2 Å². The Bertz CT molecular complexity index is 908. The fourth-order valence-electron chi connectivity index (χ4n) is 2.64. The van der Waals surface area contributed by atoms with E-state index in [2.05, 4.69) is 10.4 Å². The Hall–Kier alpha value is -2.40. The number of ether oxygens (including phenoxy) is 1. The number of esters is 1. The fraction of sp³-hybridized carbons (Fsp3) is 0.500. The van der Waals surface area contributed by atoms with Crippen molar-refractivity contribution >= 4 is 45.4 Å². The number of carbonyl (C=O) groups is 3. The molecule has 0 unspecified atom stereocenters.